The van der Waals surface area contributed by atoms with Crippen LogP contribution in [0.25, 0.3) is 32.9 Å². The number of allylic oxidation sites excluding steroid dienone is 2. The Bertz CT molecular complexity index is 1620. The van der Waals surface area contributed by atoms with Crippen LogP contribution in [0.2, 0.25) is 0 Å². The Balaban J connectivity index is 0.000000274. The summed E-state index contributed by atoms with van der Waals surface area (Å²) in [4.78, 5) is 21.5. The van der Waals surface area contributed by atoms with Gasteiger partial charge in [0, 0.05) is 55.3 Å². The van der Waals surface area contributed by atoms with Crippen LogP contribution < -0.4 is 0 Å². The first kappa shape index (κ1) is 34.6. The molecular weight excluding hydrogens is 709 g/mol. The van der Waals surface area contributed by atoms with E-state index in [-0.39, 0.29) is 54.3 Å². The number of benzene rings is 2. The molecule has 0 fully saturated rings. The van der Waals surface area contributed by atoms with Crippen molar-refractivity contribution in [1.29, 1.82) is 0 Å². The van der Waals surface area contributed by atoms with Crippen LogP contribution in [0, 0.1) is 17.9 Å². The van der Waals surface area contributed by atoms with Gasteiger partial charge in [0.25, 0.3) is 0 Å². The van der Waals surface area contributed by atoms with Crippen LogP contribution in [0.4, 0.5) is 0 Å². The zero-order valence-electron chi connectivity index (χ0n) is 27.3. The summed E-state index contributed by atoms with van der Waals surface area (Å²) in [5.41, 5.74) is 6.76. The third kappa shape index (κ3) is 6.79. The molecule has 2 aromatic heterocycles. The van der Waals surface area contributed by atoms with Crippen LogP contribution in [0.5, 0.6) is 0 Å². The quantitative estimate of drug-likeness (QED) is 0.116. The largest absolute Gasteiger partial charge is 0.512 e. The normalized spacial score (nSPS) is 13.9. The summed E-state index contributed by atoms with van der Waals surface area (Å²) in [6.07, 6.45) is 6.79. The molecule has 0 spiro atoms. The molecule has 1 aliphatic rings. The van der Waals surface area contributed by atoms with Crippen LogP contribution in [-0.4, -0.2) is 20.9 Å². The summed E-state index contributed by atoms with van der Waals surface area (Å²) >= 11 is 0. The topological polar surface area (TPSA) is 63.1 Å². The van der Waals surface area contributed by atoms with Crippen molar-refractivity contribution in [2.45, 2.75) is 98.8 Å². The Morgan fingerprint density at radius 1 is 1.00 bits per heavy atom. The van der Waals surface area contributed by atoms with Crippen molar-refractivity contribution >= 4 is 27.5 Å². The number of carbonyl (C=O) groups is 1. The molecule has 231 valence electrons. The SMILES string of the molecule is CC(C)(C)c1cc2c3c(nccc3n1)-c1[c-]cc3ccccc3c1C2(C)C.CCC(CC)C(=O)/C=C(\O)C(CC)CC.[Ir]. The number of hydrogen-bond acceptors (Lipinski definition) is 4. The summed E-state index contributed by atoms with van der Waals surface area (Å²) < 4.78 is 0. The molecule has 0 unspecified atom stereocenters. The summed E-state index contributed by atoms with van der Waals surface area (Å²) in [5, 5.41) is 13.4. The molecule has 2 aromatic carbocycles. The number of fused-ring (bicyclic) bond motifs is 4. The van der Waals surface area contributed by atoms with E-state index in [0.717, 1.165) is 48.2 Å². The number of rotatable bonds is 7. The smallest absolute Gasteiger partial charge is 0.162 e. The van der Waals surface area contributed by atoms with Gasteiger partial charge in [0.05, 0.1) is 11.3 Å². The maximum absolute atomic E-state index is 11.7. The summed E-state index contributed by atoms with van der Waals surface area (Å²) in [6.45, 7) is 19.4. The van der Waals surface area contributed by atoms with Crippen molar-refractivity contribution in [3.05, 3.63) is 83.4 Å². The van der Waals surface area contributed by atoms with Crippen molar-refractivity contribution in [2.24, 2.45) is 11.8 Å². The molecule has 4 nitrogen and oxygen atoms in total. The minimum Gasteiger partial charge on any atom is -0.512 e. The van der Waals surface area contributed by atoms with E-state index >= 15 is 0 Å². The van der Waals surface area contributed by atoms with E-state index in [9.17, 15) is 9.90 Å². The van der Waals surface area contributed by atoms with Crippen molar-refractivity contribution in [2.75, 3.05) is 0 Å². The second-order valence-electron chi connectivity index (χ2n) is 13.1. The first-order valence-electron chi connectivity index (χ1n) is 15.6. The number of nitrogens with zero attached hydrogens (tertiary/aromatic N) is 2. The molecule has 2 heterocycles. The summed E-state index contributed by atoms with van der Waals surface area (Å²) in [7, 11) is 0. The van der Waals surface area contributed by atoms with Crippen molar-refractivity contribution in [1.82, 2.24) is 9.97 Å². The second-order valence-corrected chi connectivity index (χ2v) is 13.1. The van der Waals surface area contributed by atoms with E-state index in [1.54, 1.807) is 0 Å². The number of aliphatic hydroxyl groups excluding tert-OH is 1. The van der Waals surface area contributed by atoms with Crippen LogP contribution in [0.3, 0.4) is 0 Å². The molecule has 1 N–H and O–H groups in total. The molecular formula is C38H47IrN2O2-. The van der Waals surface area contributed by atoms with Gasteiger partial charge in [-0.2, -0.15) is 0 Å². The van der Waals surface area contributed by atoms with Gasteiger partial charge in [-0.3, -0.25) is 9.78 Å². The van der Waals surface area contributed by atoms with E-state index in [4.69, 9.17) is 9.97 Å². The maximum Gasteiger partial charge on any atom is 0.162 e. The third-order valence-electron chi connectivity index (χ3n) is 8.96. The number of hydrogen-bond donors (Lipinski definition) is 1. The third-order valence-corrected chi connectivity index (χ3v) is 8.96. The molecule has 5 heteroatoms. The molecule has 0 saturated heterocycles. The van der Waals surface area contributed by atoms with Crippen molar-refractivity contribution < 1.29 is 30.0 Å². The summed E-state index contributed by atoms with van der Waals surface area (Å²) in [6, 6.07) is 18.6. The fourth-order valence-electron chi connectivity index (χ4n) is 6.21. The molecule has 0 atom stereocenters. The minimum atomic E-state index is -0.149. The van der Waals surface area contributed by atoms with E-state index in [0.29, 0.717) is 0 Å². The van der Waals surface area contributed by atoms with E-state index in [1.807, 2.05) is 40.0 Å². The van der Waals surface area contributed by atoms with Crippen molar-refractivity contribution in [3.63, 3.8) is 0 Å². The molecule has 5 rings (SSSR count). The van der Waals surface area contributed by atoms with Crippen LogP contribution in [0.1, 0.15) is 105 Å². The number of aromatic nitrogens is 2. The molecule has 1 aliphatic carbocycles. The number of ketones is 1. The van der Waals surface area contributed by atoms with Gasteiger partial charge < -0.3 is 10.1 Å². The van der Waals surface area contributed by atoms with Gasteiger partial charge in [-0.25, -0.2) is 0 Å². The molecule has 0 bridgehead atoms. The Morgan fingerprint density at radius 3 is 2.23 bits per heavy atom. The summed E-state index contributed by atoms with van der Waals surface area (Å²) in [5.74, 6) is 0.547. The zero-order valence-corrected chi connectivity index (χ0v) is 29.7. The maximum atomic E-state index is 11.7. The van der Waals surface area contributed by atoms with E-state index in [1.165, 1.54) is 33.4 Å². The fourth-order valence-corrected chi connectivity index (χ4v) is 6.21. The predicted octanol–water partition coefficient (Wildman–Crippen LogP) is 10.1. The minimum absolute atomic E-state index is 0. The van der Waals surface area contributed by atoms with Gasteiger partial charge in [-0.05, 0) is 59.9 Å². The van der Waals surface area contributed by atoms with Crippen molar-refractivity contribution in [3.8, 4) is 11.3 Å². The van der Waals surface area contributed by atoms with E-state index in [2.05, 4.69) is 77.1 Å². The van der Waals surface area contributed by atoms with E-state index < -0.39 is 0 Å². The molecule has 43 heavy (non-hydrogen) atoms. The average Bonchev–Trinajstić information content (AvgIpc) is 2.96. The first-order valence-corrected chi connectivity index (χ1v) is 15.6. The van der Waals surface area contributed by atoms with Gasteiger partial charge in [-0.1, -0.05) is 97.4 Å². The Morgan fingerprint density at radius 2 is 1.63 bits per heavy atom. The second kappa shape index (κ2) is 13.8. The number of carbonyl (C=O) groups excluding carboxylic acids is 1. The standard InChI is InChI=1S/C25H23N2.C13H24O2.Ir/c1-24(2,3)20-14-18-21-19(27-20)12-13-26-23(21)17-11-10-15-8-6-7-9-16(15)22(17)25(18,4)5;1-5-10(6-2)12(14)9-13(15)11(7-3)8-4;/h6-10,12-14H,1-5H3;9-11,14H,5-8H2,1-4H3;/q-1;;/b;12-9-;. The monoisotopic (exact) mass is 756 g/mol. The predicted molar refractivity (Wildman–Crippen MR) is 176 cm³/mol. The van der Waals surface area contributed by atoms with Crippen LogP contribution in [-0.2, 0) is 35.7 Å². The fraction of sp³-hybridized carbons (Fsp3) is 0.447. The molecule has 0 aliphatic heterocycles. The van der Waals surface area contributed by atoms with Crippen LogP contribution >= 0.6 is 0 Å². The van der Waals surface area contributed by atoms with Gasteiger partial charge in [0.15, 0.2) is 5.78 Å². The van der Waals surface area contributed by atoms with Gasteiger partial charge in [0.2, 0.25) is 0 Å². The molecule has 0 amide bonds. The Labute approximate surface area is 271 Å². The molecule has 0 saturated carbocycles. The number of aliphatic hydroxyl groups is 1. The zero-order chi connectivity index (χ0) is 30.8. The first-order chi connectivity index (χ1) is 19.9. The molecule has 4 aromatic rings. The Kier molecular flexibility index (Phi) is 11.1. The van der Waals surface area contributed by atoms with Gasteiger partial charge in [0.1, 0.15) is 0 Å². The Hall–Kier alpha value is -2.88. The van der Waals surface area contributed by atoms with Gasteiger partial charge >= 0.3 is 0 Å². The average molecular weight is 756 g/mol. The van der Waals surface area contributed by atoms with Gasteiger partial charge in [-0.15, -0.1) is 23.3 Å². The molecule has 1 radical (unpaired) electrons. The van der Waals surface area contributed by atoms with Crippen LogP contribution in [0.15, 0.2) is 60.5 Å². The number of pyridine rings is 2.